The summed E-state index contributed by atoms with van der Waals surface area (Å²) in [5, 5.41) is 5.61. The zero-order valence-corrected chi connectivity index (χ0v) is 14.8. The summed E-state index contributed by atoms with van der Waals surface area (Å²) >= 11 is 0. The third-order valence-electron chi connectivity index (χ3n) is 3.99. The first-order chi connectivity index (χ1) is 12.2. The van der Waals surface area contributed by atoms with Gasteiger partial charge in [0.25, 0.3) is 5.91 Å². The van der Waals surface area contributed by atoms with E-state index in [9.17, 15) is 9.59 Å². The lowest BCUT2D eigenvalue weighted by molar-refractivity contribution is 0.0953. The van der Waals surface area contributed by atoms with Crippen LogP contribution in [0, 0.1) is 0 Å². The van der Waals surface area contributed by atoms with Crippen molar-refractivity contribution < 1.29 is 9.59 Å². The Morgan fingerprint density at radius 2 is 1.36 bits per heavy atom. The van der Waals surface area contributed by atoms with Gasteiger partial charge in [-0.3, -0.25) is 4.79 Å². The highest BCUT2D eigenvalue weighted by atomic mass is 16.2. The van der Waals surface area contributed by atoms with Gasteiger partial charge in [0.15, 0.2) is 0 Å². The Morgan fingerprint density at radius 3 is 1.96 bits per heavy atom. The second kappa shape index (κ2) is 9.47. The summed E-state index contributed by atoms with van der Waals surface area (Å²) < 4.78 is 0. The number of amides is 3. The van der Waals surface area contributed by atoms with E-state index in [0.717, 1.165) is 11.1 Å². The van der Waals surface area contributed by atoms with Gasteiger partial charge in [-0.25, -0.2) is 4.79 Å². The molecule has 0 saturated carbocycles. The van der Waals surface area contributed by atoms with Crippen LogP contribution >= 0.6 is 0 Å². The second-order valence-electron chi connectivity index (χ2n) is 5.60. The molecule has 0 atom stereocenters. The van der Waals surface area contributed by atoms with Crippen molar-refractivity contribution in [3.05, 3.63) is 60.2 Å². The smallest absolute Gasteiger partial charge is 0.317 e. The summed E-state index contributed by atoms with van der Waals surface area (Å²) in [7, 11) is 0. The van der Waals surface area contributed by atoms with Crippen molar-refractivity contribution in [3.8, 4) is 11.1 Å². The molecule has 0 aliphatic carbocycles. The number of nitrogens with one attached hydrogen (secondary N) is 2. The van der Waals surface area contributed by atoms with Gasteiger partial charge in [0.2, 0.25) is 0 Å². The molecule has 0 aromatic heterocycles. The number of hydrogen-bond acceptors (Lipinski definition) is 2. The van der Waals surface area contributed by atoms with Crippen LogP contribution in [0.4, 0.5) is 4.79 Å². The first kappa shape index (κ1) is 18.5. The third-order valence-corrected chi connectivity index (χ3v) is 3.99. The highest BCUT2D eigenvalue weighted by molar-refractivity contribution is 5.94. The van der Waals surface area contributed by atoms with Crippen molar-refractivity contribution in [2.45, 2.75) is 13.8 Å². The van der Waals surface area contributed by atoms with Crippen LogP contribution in [0.5, 0.6) is 0 Å². The normalized spacial score (nSPS) is 10.2. The maximum absolute atomic E-state index is 12.1. The number of urea groups is 1. The Balaban J connectivity index is 1.80. The molecular weight excluding hydrogens is 314 g/mol. The molecule has 0 aliphatic heterocycles. The number of carbonyl (C=O) groups excluding carboxylic acids is 2. The Morgan fingerprint density at radius 1 is 0.800 bits per heavy atom. The fraction of sp³-hybridized carbons (Fsp3) is 0.300. The van der Waals surface area contributed by atoms with Crippen LogP contribution < -0.4 is 10.6 Å². The maximum Gasteiger partial charge on any atom is 0.317 e. The van der Waals surface area contributed by atoms with Gasteiger partial charge in [-0.05, 0) is 37.1 Å². The molecule has 0 unspecified atom stereocenters. The molecule has 25 heavy (non-hydrogen) atoms. The largest absolute Gasteiger partial charge is 0.350 e. The van der Waals surface area contributed by atoms with E-state index in [1.54, 1.807) is 4.90 Å². The molecule has 0 radical (unpaired) electrons. The van der Waals surface area contributed by atoms with Gasteiger partial charge in [0, 0.05) is 31.7 Å². The predicted octanol–water partition coefficient (Wildman–Crippen LogP) is 3.13. The van der Waals surface area contributed by atoms with Crippen LogP contribution in [-0.2, 0) is 0 Å². The molecule has 0 fully saturated rings. The van der Waals surface area contributed by atoms with Gasteiger partial charge in [0.1, 0.15) is 0 Å². The van der Waals surface area contributed by atoms with Crippen LogP contribution in [0.2, 0.25) is 0 Å². The molecule has 2 rings (SSSR count). The van der Waals surface area contributed by atoms with Crippen molar-refractivity contribution in [3.63, 3.8) is 0 Å². The Labute approximate surface area is 149 Å². The molecule has 0 spiro atoms. The van der Waals surface area contributed by atoms with Crippen molar-refractivity contribution in [2.75, 3.05) is 26.2 Å². The molecule has 0 bridgehead atoms. The van der Waals surface area contributed by atoms with Crippen LogP contribution in [0.1, 0.15) is 24.2 Å². The lowest BCUT2D eigenvalue weighted by atomic mass is 10.0. The SMILES string of the molecule is CCN(CC)C(=O)NCCNC(=O)c1ccc(-c2ccccc2)cc1. The van der Waals surface area contributed by atoms with Gasteiger partial charge in [-0.1, -0.05) is 42.5 Å². The van der Waals surface area contributed by atoms with Gasteiger partial charge < -0.3 is 15.5 Å². The van der Waals surface area contributed by atoms with Gasteiger partial charge >= 0.3 is 6.03 Å². The van der Waals surface area contributed by atoms with E-state index in [4.69, 9.17) is 0 Å². The minimum Gasteiger partial charge on any atom is -0.350 e. The zero-order valence-electron chi connectivity index (χ0n) is 14.8. The predicted molar refractivity (Wildman–Crippen MR) is 101 cm³/mol. The molecule has 0 aliphatic rings. The van der Waals surface area contributed by atoms with E-state index in [-0.39, 0.29) is 11.9 Å². The molecule has 2 aromatic rings. The lowest BCUT2D eigenvalue weighted by Crippen LogP contribution is -2.42. The Bertz CT molecular complexity index is 680. The molecule has 5 heteroatoms. The van der Waals surface area contributed by atoms with Crippen molar-refractivity contribution in [1.29, 1.82) is 0 Å². The van der Waals surface area contributed by atoms with Gasteiger partial charge in [-0.2, -0.15) is 0 Å². The minimum absolute atomic E-state index is 0.105. The summed E-state index contributed by atoms with van der Waals surface area (Å²) in [6, 6.07) is 17.4. The molecule has 3 amide bonds. The van der Waals surface area contributed by atoms with Crippen LogP contribution in [0.3, 0.4) is 0 Å². The minimum atomic E-state index is -0.142. The average molecular weight is 339 g/mol. The van der Waals surface area contributed by atoms with Gasteiger partial charge in [-0.15, -0.1) is 0 Å². The van der Waals surface area contributed by atoms with E-state index in [1.807, 2.05) is 68.4 Å². The number of hydrogen-bond donors (Lipinski definition) is 2. The van der Waals surface area contributed by atoms with E-state index in [1.165, 1.54) is 0 Å². The molecule has 2 aromatic carbocycles. The molecule has 2 N–H and O–H groups in total. The fourth-order valence-electron chi connectivity index (χ4n) is 2.51. The summed E-state index contributed by atoms with van der Waals surface area (Å²) in [5.74, 6) is -0.142. The van der Waals surface area contributed by atoms with Crippen molar-refractivity contribution in [2.24, 2.45) is 0 Å². The fourth-order valence-corrected chi connectivity index (χ4v) is 2.51. The molecule has 132 valence electrons. The first-order valence-electron chi connectivity index (χ1n) is 8.62. The number of rotatable bonds is 7. The molecule has 0 saturated heterocycles. The van der Waals surface area contributed by atoms with Gasteiger partial charge in [0.05, 0.1) is 0 Å². The van der Waals surface area contributed by atoms with Crippen molar-refractivity contribution >= 4 is 11.9 Å². The molecule has 0 heterocycles. The van der Waals surface area contributed by atoms with E-state index in [0.29, 0.717) is 31.7 Å². The lowest BCUT2D eigenvalue weighted by Gasteiger charge is -2.19. The summed E-state index contributed by atoms with van der Waals surface area (Å²) in [5.41, 5.74) is 2.80. The topological polar surface area (TPSA) is 61.4 Å². The number of carbonyl (C=O) groups is 2. The van der Waals surface area contributed by atoms with E-state index in [2.05, 4.69) is 10.6 Å². The zero-order chi connectivity index (χ0) is 18.1. The monoisotopic (exact) mass is 339 g/mol. The Hall–Kier alpha value is -2.82. The van der Waals surface area contributed by atoms with Crippen LogP contribution in [0.25, 0.3) is 11.1 Å². The third kappa shape index (κ3) is 5.35. The van der Waals surface area contributed by atoms with Crippen LogP contribution in [-0.4, -0.2) is 43.0 Å². The summed E-state index contributed by atoms with van der Waals surface area (Å²) in [6.07, 6.45) is 0. The average Bonchev–Trinajstić information content (AvgIpc) is 2.67. The second-order valence-corrected chi connectivity index (χ2v) is 5.60. The summed E-state index contributed by atoms with van der Waals surface area (Å²) in [4.78, 5) is 25.6. The van der Waals surface area contributed by atoms with E-state index < -0.39 is 0 Å². The number of nitrogens with zero attached hydrogens (tertiary/aromatic N) is 1. The quantitative estimate of drug-likeness (QED) is 0.761. The highest BCUT2D eigenvalue weighted by Gasteiger charge is 2.09. The highest BCUT2D eigenvalue weighted by Crippen LogP contribution is 2.19. The number of benzene rings is 2. The van der Waals surface area contributed by atoms with Crippen LogP contribution in [0.15, 0.2) is 54.6 Å². The van der Waals surface area contributed by atoms with Crippen molar-refractivity contribution in [1.82, 2.24) is 15.5 Å². The van der Waals surface area contributed by atoms with E-state index >= 15 is 0 Å². The first-order valence-corrected chi connectivity index (χ1v) is 8.62. The Kier molecular flexibility index (Phi) is 7.01. The molecular formula is C20H25N3O2. The molecule has 5 nitrogen and oxygen atoms in total. The standard InChI is InChI=1S/C20H25N3O2/c1-3-23(4-2)20(25)22-15-14-21-19(24)18-12-10-17(11-13-18)16-8-6-5-7-9-16/h5-13H,3-4,14-15H2,1-2H3,(H,21,24)(H,22,25). The summed E-state index contributed by atoms with van der Waals surface area (Å²) in [6.45, 7) is 6.01. The maximum atomic E-state index is 12.1.